The predicted octanol–water partition coefficient (Wildman–Crippen LogP) is 3.02. The molecule has 62 valence electrons. The van der Waals surface area contributed by atoms with Crippen LogP contribution in [0.15, 0.2) is 24.5 Å². The lowest BCUT2D eigenvalue weighted by Crippen LogP contribution is -1.86. The predicted molar refractivity (Wildman–Crippen MR) is 53.4 cm³/mol. The Morgan fingerprint density at radius 1 is 1.50 bits per heavy atom. The number of halogens is 1. The third kappa shape index (κ3) is 1.14. The summed E-state index contributed by atoms with van der Waals surface area (Å²) >= 11 is 3.55. The SMILES string of the molecule is C[C@H](Br)c1ccnc2[nH]ccc12. The van der Waals surface area contributed by atoms with Crippen molar-refractivity contribution in [3.63, 3.8) is 0 Å². The minimum atomic E-state index is 0.374. The van der Waals surface area contributed by atoms with Gasteiger partial charge >= 0.3 is 0 Å². The molecule has 0 amide bonds. The van der Waals surface area contributed by atoms with Gasteiger partial charge in [0.1, 0.15) is 5.65 Å². The first-order valence-electron chi connectivity index (χ1n) is 3.85. The standard InChI is InChI=1S/C9H9BrN2/c1-6(10)7-2-4-11-9-8(7)3-5-12-9/h2-6H,1H3,(H,11,12)/t6-/m0/s1. The van der Waals surface area contributed by atoms with E-state index in [0.717, 1.165) is 5.65 Å². The Bertz CT molecular complexity index is 392. The summed E-state index contributed by atoms with van der Waals surface area (Å²) in [4.78, 5) is 7.66. The first-order valence-corrected chi connectivity index (χ1v) is 4.76. The number of H-pyrrole nitrogens is 1. The van der Waals surface area contributed by atoms with Crippen LogP contribution in [0.3, 0.4) is 0 Å². The highest BCUT2D eigenvalue weighted by Gasteiger charge is 2.06. The lowest BCUT2D eigenvalue weighted by Gasteiger charge is -2.03. The van der Waals surface area contributed by atoms with Crippen molar-refractivity contribution in [3.05, 3.63) is 30.1 Å². The molecule has 2 aromatic heterocycles. The average Bonchev–Trinajstić information content (AvgIpc) is 2.49. The number of hydrogen-bond donors (Lipinski definition) is 1. The zero-order valence-electron chi connectivity index (χ0n) is 6.71. The maximum atomic E-state index is 4.21. The van der Waals surface area contributed by atoms with Crippen molar-refractivity contribution < 1.29 is 0 Å². The molecule has 0 aliphatic heterocycles. The summed E-state index contributed by atoms with van der Waals surface area (Å²) < 4.78 is 0. The molecule has 0 aliphatic rings. The molecule has 3 heteroatoms. The van der Waals surface area contributed by atoms with Crippen LogP contribution in [0.5, 0.6) is 0 Å². The van der Waals surface area contributed by atoms with Gasteiger partial charge in [-0.3, -0.25) is 0 Å². The van der Waals surface area contributed by atoms with Gasteiger partial charge in [-0.15, -0.1) is 0 Å². The molecule has 0 saturated heterocycles. The Hall–Kier alpha value is -0.830. The van der Waals surface area contributed by atoms with Crippen molar-refractivity contribution in [1.82, 2.24) is 9.97 Å². The summed E-state index contributed by atoms with van der Waals surface area (Å²) in [6.07, 6.45) is 3.74. The summed E-state index contributed by atoms with van der Waals surface area (Å²) in [7, 11) is 0. The third-order valence-corrected chi connectivity index (χ3v) is 2.42. The molecule has 0 unspecified atom stereocenters. The van der Waals surface area contributed by atoms with Crippen LogP contribution in [0.1, 0.15) is 17.3 Å². The second-order valence-electron chi connectivity index (χ2n) is 2.76. The molecule has 2 aromatic rings. The molecular weight excluding hydrogens is 216 g/mol. The van der Waals surface area contributed by atoms with Gasteiger partial charge in [-0.2, -0.15) is 0 Å². The average molecular weight is 225 g/mol. The van der Waals surface area contributed by atoms with E-state index in [0.29, 0.717) is 4.83 Å². The largest absolute Gasteiger partial charge is 0.346 e. The highest BCUT2D eigenvalue weighted by Crippen LogP contribution is 2.27. The molecule has 0 aliphatic carbocycles. The number of nitrogens with one attached hydrogen (secondary N) is 1. The highest BCUT2D eigenvalue weighted by atomic mass is 79.9. The van der Waals surface area contributed by atoms with Crippen LogP contribution in [0.25, 0.3) is 11.0 Å². The van der Waals surface area contributed by atoms with Crippen molar-refractivity contribution in [2.75, 3.05) is 0 Å². The fourth-order valence-corrected chi connectivity index (χ4v) is 1.73. The van der Waals surface area contributed by atoms with E-state index in [2.05, 4.69) is 38.9 Å². The van der Waals surface area contributed by atoms with Gasteiger partial charge < -0.3 is 4.98 Å². The van der Waals surface area contributed by atoms with Crippen LogP contribution in [-0.2, 0) is 0 Å². The highest BCUT2D eigenvalue weighted by molar-refractivity contribution is 9.09. The number of pyridine rings is 1. The smallest absolute Gasteiger partial charge is 0.137 e. The maximum Gasteiger partial charge on any atom is 0.137 e. The van der Waals surface area contributed by atoms with E-state index in [4.69, 9.17) is 0 Å². The zero-order valence-corrected chi connectivity index (χ0v) is 8.30. The number of fused-ring (bicyclic) bond motifs is 1. The quantitative estimate of drug-likeness (QED) is 0.742. The van der Waals surface area contributed by atoms with Crippen LogP contribution in [0, 0.1) is 0 Å². The molecule has 0 saturated carbocycles. The minimum Gasteiger partial charge on any atom is -0.346 e. The van der Waals surface area contributed by atoms with Crippen molar-refractivity contribution in [1.29, 1.82) is 0 Å². The number of nitrogens with zero attached hydrogens (tertiary/aromatic N) is 1. The molecule has 2 nitrogen and oxygen atoms in total. The second-order valence-corrected chi connectivity index (χ2v) is 4.13. The van der Waals surface area contributed by atoms with Gasteiger partial charge in [-0.1, -0.05) is 15.9 Å². The summed E-state index contributed by atoms with van der Waals surface area (Å²) in [5, 5.41) is 1.20. The summed E-state index contributed by atoms with van der Waals surface area (Å²) in [5.74, 6) is 0. The van der Waals surface area contributed by atoms with Gasteiger partial charge in [0.05, 0.1) is 0 Å². The molecule has 0 bridgehead atoms. The number of aromatic nitrogens is 2. The summed E-state index contributed by atoms with van der Waals surface area (Å²) in [6, 6.07) is 4.09. The second kappa shape index (κ2) is 2.90. The van der Waals surface area contributed by atoms with E-state index < -0.39 is 0 Å². The Balaban J connectivity index is 2.73. The lowest BCUT2D eigenvalue weighted by atomic mass is 10.1. The molecule has 12 heavy (non-hydrogen) atoms. The number of rotatable bonds is 1. The van der Waals surface area contributed by atoms with Gasteiger partial charge in [0.15, 0.2) is 0 Å². The molecule has 1 atom stereocenters. The fourth-order valence-electron chi connectivity index (χ4n) is 1.33. The Morgan fingerprint density at radius 2 is 2.33 bits per heavy atom. The Morgan fingerprint density at radius 3 is 3.08 bits per heavy atom. The van der Waals surface area contributed by atoms with E-state index in [9.17, 15) is 0 Å². The monoisotopic (exact) mass is 224 g/mol. The minimum absolute atomic E-state index is 0.374. The zero-order chi connectivity index (χ0) is 8.55. The van der Waals surface area contributed by atoms with Crippen molar-refractivity contribution in [2.24, 2.45) is 0 Å². The van der Waals surface area contributed by atoms with Gasteiger partial charge in [-0.05, 0) is 24.6 Å². The number of alkyl halides is 1. The molecular formula is C9H9BrN2. The summed E-state index contributed by atoms with van der Waals surface area (Å²) in [6.45, 7) is 2.11. The van der Waals surface area contributed by atoms with E-state index in [1.807, 2.05) is 18.5 Å². The Kier molecular flexibility index (Phi) is 1.89. The fraction of sp³-hybridized carbons (Fsp3) is 0.222. The Labute approximate surface area is 79.1 Å². The number of aromatic amines is 1. The van der Waals surface area contributed by atoms with Gasteiger partial charge in [-0.25, -0.2) is 4.98 Å². The van der Waals surface area contributed by atoms with Gasteiger partial charge in [0.25, 0.3) is 0 Å². The lowest BCUT2D eigenvalue weighted by molar-refractivity contribution is 1.13. The maximum absolute atomic E-state index is 4.21. The van der Waals surface area contributed by atoms with Crippen molar-refractivity contribution in [3.8, 4) is 0 Å². The van der Waals surface area contributed by atoms with Gasteiger partial charge in [0.2, 0.25) is 0 Å². The molecule has 2 rings (SSSR count). The number of hydrogen-bond acceptors (Lipinski definition) is 1. The summed E-state index contributed by atoms with van der Waals surface area (Å²) in [5.41, 5.74) is 2.24. The molecule has 0 spiro atoms. The van der Waals surface area contributed by atoms with E-state index in [1.54, 1.807) is 0 Å². The first kappa shape index (κ1) is 7.80. The molecule has 0 radical (unpaired) electrons. The molecule has 1 N–H and O–H groups in total. The van der Waals surface area contributed by atoms with Crippen molar-refractivity contribution in [2.45, 2.75) is 11.8 Å². The topological polar surface area (TPSA) is 28.7 Å². The van der Waals surface area contributed by atoms with E-state index in [-0.39, 0.29) is 0 Å². The molecule has 0 fully saturated rings. The van der Waals surface area contributed by atoms with Crippen LogP contribution in [0.2, 0.25) is 0 Å². The van der Waals surface area contributed by atoms with Crippen LogP contribution >= 0.6 is 15.9 Å². The first-order chi connectivity index (χ1) is 5.79. The van der Waals surface area contributed by atoms with Crippen LogP contribution in [0.4, 0.5) is 0 Å². The molecule has 2 heterocycles. The third-order valence-electron chi connectivity index (χ3n) is 1.92. The normalized spacial score (nSPS) is 13.5. The van der Waals surface area contributed by atoms with E-state index >= 15 is 0 Å². The molecule has 0 aromatic carbocycles. The van der Waals surface area contributed by atoms with Crippen molar-refractivity contribution >= 4 is 27.0 Å². The van der Waals surface area contributed by atoms with Gasteiger partial charge in [0, 0.05) is 22.6 Å². The van der Waals surface area contributed by atoms with Crippen LogP contribution < -0.4 is 0 Å². The van der Waals surface area contributed by atoms with E-state index in [1.165, 1.54) is 10.9 Å². The van der Waals surface area contributed by atoms with Crippen LogP contribution in [-0.4, -0.2) is 9.97 Å².